The van der Waals surface area contributed by atoms with E-state index in [4.69, 9.17) is 11.6 Å². The fourth-order valence-electron chi connectivity index (χ4n) is 1.44. The third kappa shape index (κ3) is 2.65. The fraction of sp³-hybridized carbons (Fsp3) is 0.0833. The summed E-state index contributed by atoms with van der Waals surface area (Å²) < 4.78 is 2.69. The first kappa shape index (κ1) is 11.7. The van der Waals surface area contributed by atoms with Gasteiger partial charge in [-0.05, 0) is 40.3 Å². The van der Waals surface area contributed by atoms with Crippen molar-refractivity contribution in [2.75, 3.05) is 0 Å². The molecule has 0 unspecified atom stereocenters. The van der Waals surface area contributed by atoms with Crippen molar-refractivity contribution in [3.63, 3.8) is 0 Å². The molecule has 0 aliphatic carbocycles. The molecule has 0 atom stereocenters. The lowest BCUT2D eigenvalue weighted by atomic mass is 10.2. The first-order valence-corrected chi connectivity index (χ1v) is 6.22. The van der Waals surface area contributed by atoms with Gasteiger partial charge in [0.1, 0.15) is 0 Å². The van der Waals surface area contributed by atoms with Gasteiger partial charge in [-0.1, -0.05) is 29.8 Å². The van der Waals surface area contributed by atoms with Crippen molar-refractivity contribution in [3.8, 4) is 0 Å². The highest BCUT2D eigenvalue weighted by atomic mass is 127. The van der Waals surface area contributed by atoms with Crippen molar-refractivity contribution in [2.24, 2.45) is 0 Å². The Morgan fingerprint density at radius 2 is 1.94 bits per heavy atom. The Morgan fingerprint density at radius 1 is 1.19 bits per heavy atom. The van der Waals surface area contributed by atoms with Gasteiger partial charge in [0, 0.05) is 20.9 Å². The lowest BCUT2D eigenvalue weighted by molar-refractivity contribution is 0.756. The molecule has 0 bridgehead atoms. The van der Waals surface area contributed by atoms with Crippen molar-refractivity contribution in [2.45, 2.75) is 6.54 Å². The molecule has 2 aromatic rings. The molecule has 0 aliphatic rings. The normalized spacial score (nSPS) is 10.4. The molecule has 2 nitrogen and oxygen atoms in total. The number of hydrogen-bond acceptors (Lipinski definition) is 1. The molecule has 0 amide bonds. The van der Waals surface area contributed by atoms with Crippen LogP contribution in [0.3, 0.4) is 0 Å². The molecule has 0 radical (unpaired) electrons. The molecule has 0 saturated heterocycles. The van der Waals surface area contributed by atoms with E-state index in [1.165, 1.54) is 0 Å². The number of rotatable bonds is 2. The maximum Gasteiger partial charge on any atom is 0.250 e. The molecule has 0 fully saturated rings. The first-order chi connectivity index (χ1) is 7.66. The monoisotopic (exact) mass is 345 g/mol. The van der Waals surface area contributed by atoms with Gasteiger partial charge in [0.15, 0.2) is 0 Å². The van der Waals surface area contributed by atoms with Gasteiger partial charge < -0.3 is 4.57 Å². The topological polar surface area (TPSA) is 22.0 Å². The van der Waals surface area contributed by atoms with Crippen LogP contribution in [0, 0.1) is 3.57 Å². The van der Waals surface area contributed by atoms with Gasteiger partial charge in [-0.3, -0.25) is 4.79 Å². The highest BCUT2D eigenvalue weighted by Gasteiger charge is 2.02. The number of pyridine rings is 1. The van der Waals surface area contributed by atoms with Crippen molar-refractivity contribution >= 4 is 34.2 Å². The molecule has 16 heavy (non-hydrogen) atoms. The Labute approximate surface area is 112 Å². The molecule has 4 heteroatoms. The van der Waals surface area contributed by atoms with Gasteiger partial charge in [-0.15, -0.1) is 0 Å². The summed E-state index contributed by atoms with van der Waals surface area (Å²) in [6, 6.07) is 10.9. The van der Waals surface area contributed by atoms with Gasteiger partial charge in [0.2, 0.25) is 0 Å². The molecule has 2 rings (SSSR count). The molecule has 0 spiro atoms. The van der Waals surface area contributed by atoms with E-state index in [1.807, 2.05) is 30.5 Å². The summed E-state index contributed by atoms with van der Waals surface area (Å²) in [7, 11) is 0. The molecular formula is C12H9ClINO. The predicted molar refractivity (Wildman–Crippen MR) is 74.0 cm³/mol. The number of halogens is 2. The summed E-state index contributed by atoms with van der Waals surface area (Å²) in [6.45, 7) is 0.509. The molecule has 1 heterocycles. The number of benzene rings is 1. The smallest absolute Gasteiger partial charge is 0.250 e. The second kappa shape index (κ2) is 5.01. The lowest BCUT2D eigenvalue weighted by Crippen LogP contribution is -2.19. The molecule has 1 aromatic carbocycles. The van der Waals surface area contributed by atoms with Gasteiger partial charge in [0.05, 0.1) is 6.54 Å². The van der Waals surface area contributed by atoms with Crippen LogP contribution in [-0.2, 0) is 6.54 Å². The second-order valence-corrected chi connectivity index (χ2v) is 5.06. The van der Waals surface area contributed by atoms with Crippen LogP contribution in [0.4, 0.5) is 0 Å². The summed E-state index contributed by atoms with van der Waals surface area (Å²) in [6.07, 6.45) is 1.83. The molecule has 0 aliphatic heterocycles. The van der Waals surface area contributed by atoms with Crippen LogP contribution < -0.4 is 5.56 Å². The van der Waals surface area contributed by atoms with Gasteiger partial charge >= 0.3 is 0 Å². The van der Waals surface area contributed by atoms with E-state index in [9.17, 15) is 4.79 Å². The quantitative estimate of drug-likeness (QED) is 0.767. The summed E-state index contributed by atoms with van der Waals surface area (Å²) >= 11 is 8.23. The number of aromatic nitrogens is 1. The second-order valence-electron chi connectivity index (χ2n) is 3.40. The third-order valence-corrected chi connectivity index (χ3v) is 3.25. The van der Waals surface area contributed by atoms with Crippen LogP contribution in [0.2, 0.25) is 5.02 Å². The minimum absolute atomic E-state index is 0.0136. The van der Waals surface area contributed by atoms with Crippen molar-refractivity contribution in [3.05, 3.63) is 67.1 Å². The van der Waals surface area contributed by atoms with E-state index in [0.29, 0.717) is 11.6 Å². The Balaban J connectivity index is 2.38. The van der Waals surface area contributed by atoms with Gasteiger partial charge in [0.25, 0.3) is 5.56 Å². The van der Waals surface area contributed by atoms with Crippen molar-refractivity contribution < 1.29 is 0 Å². The number of hydrogen-bond donors (Lipinski definition) is 0. The van der Waals surface area contributed by atoms with E-state index < -0.39 is 0 Å². The summed E-state index contributed by atoms with van der Waals surface area (Å²) in [5.74, 6) is 0. The standard InChI is InChI=1S/C12H9ClINO/c13-11-4-2-1-3-9(11)7-15-8-10(14)5-6-12(15)16/h1-6,8H,7H2. The Hall–Kier alpha value is -0.810. The molecule has 1 aromatic heterocycles. The van der Waals surface area contributed by atoms with Crippen LogP contribution in [0.15, 0.2) is 47.4 Å². The summed E-state index contributed by atoms with van der Waals surface area (Å²) in [4.78, 5) is 11.6. The minimum atomic E-state index is -0.0136. The SMILES string of the molecule is O=c1ccc(I)cn1Cc1ccccc1Cl. The highest BCUT2D eigenvalue weighted by Crippen LogP contribution is 2.15. The Bertz CT molecular complexity index is 565. The maximum absolute atomic E-state index is 11.6. The van der Waals surface area contributed by atoms with Gasteiger partial charge in [-0.2, -0.15) is 0 Å². The molecule has 0 N–H and O–H groups in total. The van der Waals surface area contributed by atoms with E-state index >= 15 is 0 Å². The average molecular weight is 346 g/mol. The summed E-state index contributed by atoms with van der Waals surface area (Å²) in [5.41, 5.74) is 0.939. The Kier molecular flexibility index (Phi) is 3.66. The van der Waals surface area contributed by atoms with Crippen LogP contribution >= 0.6 is 34.2 Å². The largest absolute Gasteiger partial charge is 0.310 e. The Morgan fingerprint density at radius 3 is 2.69 bits per heavy atom. The highest BCUT2D eigenvalue weighted by molar-refractivity contribution is 14.1. The third-order valence-electron chi connectivity index (χ3n) is 2.25. The van der Waals surface area contributed by atoms with Crippen LogP contribution in [0.1, 0.15) is 5.56 Å². The lowest BCUT2D eigenvalue weighted by Gasteiger charge is -2.07. The predicted octanol–water partition coefficient (Wildman–Crippen LogP) is 3.15. The minimum Gasteiger partial charge on any atom is -0.310 e. The molecule has 82 valence electrons. The zero-order valence-electron chi connectivity index (χ0n) is 8.36. The summed E-state index contributed by atoms with van der Waals surface area (Å²) in [5, 5.41) is 0.688. The van der Waals surface area contributed by atoms with E-state index in [0.717, 1.165) is 9.13 Å². The number of nitrogens with zero attached hydrogens (tertiary/aromatic N) is 1. The fourth-order valence-corrected chi connectivity index (χ4v) is 2.15. The van der Waals surface area contributed by atoms with Gasteiger partial charge in [-0.25, -0.2) is 0 Å². The molecular weight excluding hydrogens is 336 g/mol. The van der Waals surface area contributed by atoms with Crippen molar-refractivity contribution in [1.82, 2.24) is 4.57 Å². The molecule has 0 saturated carbocycles. The van der Waals surface area contributed by atoms with Crippen LogP contribution in [-0.4, -0.2) is 4.57 Å². The van der Waals surface area contributed by atoms with Crippen LogP contribution in [0.5, 0.6) is 0 Å². The zero-order chi connectivity index (χ0) is 11.5. The maximum atomic E-state index is 11.6. The van der Waals surface area contributed by atoms with Crippen molar-refractivity contribution in [1.29, 1.82) is 0 Å². The van der Waals surface area contributed by atoms with E-state index in [1.54, 1.807) is 16.7 Å². The van der Waals surface area contributed by atoms with E-state index in [2.05, 4.69) is 22.6 Å². The zero-order valence-corrected chi connectivity index (χ0v) is 11.3. The van der Waals surface area contributed by atoms with Crippen LogP contribution in [0.25, 0.3) is 0 Å². The average Bonchev–Trinajstić information content (AvgIpc) is 2.27. The van der Waals surface area contributed by atoms with E-state index in [-0.39, 0.29) is 5.56 Å². The first-order valence-electron chi connectivity index (χ1n) is 4.76.